The van der Waals surface area contributed by atoms with Gasteiger partial charge >= 0.3 is 0 Å². The maximum atomic E-state index is 12.2. The van der Waals surface area contributed by atoms with E-state index in [0.29, 0.717) is 6.04 Å². The monoisotopic (exact) mass is 238 g/mol. The van der Waals surface area contributed by atoms with Crippen molar-refractivity contribution >= 4 is 5.91 Å². The maximum Gasteiger partial charge on any atom is 0.237 e. The van der Waals surface area contributed by atoms with E-state index < -0.39 is 0 Å². The fraction of sp³-hybridized carbons (Fsp3) is 0.929. The molecule has 98 valence electrons. The van der Waals surface area contributed by atoms with Crippen LogP contribution in [0.1, 0.15) is 58.8 Å². The molecule has 0 aromatic rings. The molecular weight excluding hydrogens is 212 g/mol. The van der Waals surface area contributed by atoms with Crippen LogP contribution in [-0.2, 0) is 4.79 Å². The van der Waals surface area contributed by atoms with Crippen LogP contribution >= 0.6 is 0 Å². The van der Waals surface area contributed by atoms with Crippen LogP contribution in [0.25, 0.3) is 0 Å². The van der Waals surface area contributed by atoms with Gasteiger partial charge in [0.05, 0.1) is 6.04 Å². The first-order chi connectivity index (χ1) is 8.09. The lowest BCUT2D eigenvalue weighted by Crippen LogP contribution is -2.54. The van der Waals surface area contributed by atoms with E-state index >= 15 is 0 Å². The van der Waals surface area contributed by atoms with E-state index in [2.05, 4.69) is 24.5 Å². The number of carbonyl (C=O) groups is 1. The Labute approximate surface area is 105 Å². The molecule has 0 radical (unpaired) electrons. The average molecular weight is 238 g/mol. The molecule has 0 aromatic heterocycles. The van der Waals surface area contributed by atoms with E-state index in [4.69, 9.17) is 0 Å². The molecule has 3 heteroatoms. The molecule has 1 amide bonds. The summed E-state index contributed by atoms with van der Waals surface area (Å²) in [5.74, 6) is 0.227. The Morgan fingerprint density at radius 2 is 1.94 bits per heavy atom. The summed E-state index contributed by atoms with van der Waals surface area (Å²) in [6, 6.07) is 0.425. The van der Waals surface area contributed by atoms with Crippen molar-refractivity contribution in [3.05, 3.63) is 0 Å². The van der Waals surface area contributed by atoms with Gasteiger partial charge < -0.3 is 10.6 Å². The summed E-state index contributed by atoms with van der Waals surface area (Å²) in [5.41, 5.74) is 0.266. The van der Waals surface area contributed by atoms with Crippen molar-refractivity contribution in [3.8, 4) is 0 Å². The second-order valence-electron chi connectivity index (χ2n) is 6.30. The first-order valence-corrected chi connectivity index (χ1v) is 7.13. The van der Waals surface area contributed by atoms with Gasteiger partial charge in [-0.1, -0.05) is 33.1 Å². The highest BCUT2D eigenvalue weighted by Crippen LogP contribution is 2.35. The van der Waals surface area contributed by atoms with E-state index in [1.165, 1.54) is 32.1 Å². The highest BCUT2D eigenvalue weighted by atomic mass is 16.2. The minimum Gasteiger partial charge on any atom is -0.351 e. The molecule has 1 aliphatic carbocycles. The van der Waals surface area contributed by atoms with Gasteiger partial charge in [-0.15, -0.1) is 0 Å². The molecular formula is C14H26N2O. The van der Waals surface area contributed by atoms with Crippen molar-refractivity contribution in [2.75, 3.05) is 6.54 Å². The number of hydrogen-bond acceptors (Lipinski definition) is 2. The molecule has 2 fully saturated rings. The van der Waals surface area contributed by atoms with Gasteiger partial charge in [0.1, 0.15) is 0 Å². The summed E-state index contributed by atoms with van der Waals surface area (Å²) < 4.78 is 0. The van der Waals surface area contributed by atoms with Crippen LogP contribution in [0.4, 0.5) is 0 Å². The third-order valence-corrected chi connectivity index (χ3v) is 4.45. The minimum absolute atomic E-state index is 0.0569. The van der Waals surface area contributed by atoms with Crippen LogP contribution in [0.15, 0.2) is 0 Å². The molecule has 0 spiro atoms. The van der Waals surface area contributed by atoms with Gasteiger partial charge in [0.2, 0.25) is 5.91 Å². The zero-order chi connectivity index (χ0) is 12.3. The lowest BCUT2D eigenvalue weighted by Gasteiger charge is -2.40. The van der Waals surface area contributed by atoms with Gasteiger partial charge in [-0.05, 0) is 37.6 Å². The number of hydrogen-bond donors (Lipinski definition) is 2. The normalized spacial score (nSPS) is 33.1. The van der Waals surface area contributed by atoms with Crippen LogP contribution in [-0.4, -0.2) is 24.5 Å². The lowest BCUT2D eigenvalue weighted by molar-refractivity contribution is -0.125. The van der Waals surface area contributed by atoms with Crippen LogP contribution in [0.2, 0.25) is 0 Å². The van der Waals surface area contributed by atoms with Gasteiger partial charge in [-0.3, -0.25) is 4.79 Å². The topological polar surface area (TPSA) is 41.1 Å². The highest BCUT2D eigenvalue weighted by molar-refractivity contribution is 5.82. The standard InChI is InChI=1S/C14H26N2O/c1-14(2)9-5-3-8-12(14)16-13(17)11-7-4-6-10-15-11/h11-12,15H,3-10H2,1-2H3,(H,16,17). The Bertz CT molecular complexity index is 269. The van der Waals surface area contributed by atoms with Gasteiger partial charge in [0.15, 0.2) is 0 Å². The number of nitrogens with one attached hydrogen (secondary N) is 2. The van der Waals surface area contributed by atoms with E-state index in [1.807, 2.05) is 0 Å². The third kappa shape index (κ3) is 3.21. The molecule has 3 nitrogen and oxygen atoms in total. The molecule has 2 aliphatic rings. The van der Waals surface area contributed by atoms with Crippen molar-refractivity contribution in [3.63, 3.8) is 0 Å². The molecule has 0 bridgehead atoms. The number of rotatable bonds is 2. The predicted octanol–water partition coefficient (Wildman–Crippen LogP) is 2.21. The molecule has 2 atom stereocenters. The Hall–Kier alpha value is -0.570. The van der Waals surface area contributed by atoms with Crippen molar-refractivity contribution in [2.45, 2.75) is 70.9 Å². The number of amides is 1. The van der Waals surface area contributed by atoms with E-state index in [9.17, 15) is 4.79 Å². The summed E-state index contributed by atoms with van der Waals surface area (Å²) in [6.45, 7) is 5.56. The Kier molecular flexibility index (Phi) is 4.08. The minimum atomic E-state index is 0.0569. The number of piperidine rings is 1. The fourth-order valence-corrected chi connectivity index (χ4v) is 3.11. The molecule has 2 unspecified atom stereocenters. The molecule has 1 saturated heterocycles. The van der Waals surface area contributed by atoms with Crippen LogP contribution in [0, 0.1) is 5.41 Å². The Morgan fingerprint density at radius 1 is 1.18 bits per heavy atom. The summed E-state index contributed by atoms with van der Waals surface area (Å²) in [6.07, 6.45) is 8.33. The summed E-state index contributed by atoms with van der Waals surface area (Å²) in [4.78, 5) is 12.2. The quantitative estimate of drug-likeness (QED) is 0.774. The molecule has 1 saturated carbocycles. The van der Waals surface area contributed by atoms with Crippen LogP contribution in [0.3, 0.4) is 0 Å². The lowest BCUT2D eigenvalue weighted by atomic mass is 9.73. The molecule has 1 heterocycles. The Balaban J connectivity index is 1.88. The van der Waals surface area contributed by atoms with Crippen molar-refractivity contribution in [1.29, 1.82) is 0 Å². The van der Waals surface area contributed by atoms with Crippen molar-refractivity contribution in [1.82, 2.24) is 10.6 Å². The smallest absolute Gasteiger partial charge is 0.237 e. The molecule has 2 rings (SSSR count). The van der Waals surface area contributed by atoms with E-state index in [0.717, 1.165) is 19.4 Å². The van der Waals surface area contributed by atoms with Gasteiger partial charge in [0, 0.05) is 6.04 Å². The number of carbonyl (C=O) groups excluding carboxylic acids is 1. The van der Waals surface area contributed by atoms with Gasteiger partial charge in [-0.2, -0.15) is 0 Å². The average Bonchev–Trinajstić information content (AvgIpc) is 2.33. The van der Waals surface area contributed by atoms with Crippen molar-refractivity contribution in [2.24, 2.45) is 5.41 Å². The zero-order valence-electron chi connectivity index (χ0n) is 11.2. The second-order valence-corrected chi connectivity index (χ2v) is 6.30. The molecule has 17 heavy (non-hydrogen) atoms. The van der Waals surface area contributed by atoms with Gasteiger partial charge in [0.25, 0.3) is 0 Å². The third-order valence-electron chi connectivity index (χ3n) is 4.45. The first kappa shape index (κ1) is 12.9. The van der Waals surface area contributed by atoms with Crippen molar-refractivity contribution < 1.29 is 4.79 Å². The fourth-order valence-electron chi connectivity index (χ4n) is 3.11. The molecule has 2 N–H and O–H groups in total. The van der Waals surface area contributed by atoms with Crippen LogP contribution < -0.4 is 10.6 Å². The molecule has 1 aliphatic heterocycles. The molecule has 0 aromatic carbocycles. The zero-order valence-corrected chi connectivity index (χ0v) is 11.2. The van der Waals surface area contributed by atoms with Crippen LogP contribution in [0.5, 0.6) is 0 Å². The van der Waals surface area contributed by atoms with E-state index in [-0.39, 0.29) is 17.4 Å². The highest BCUT2D eigenvalue weighted by Gasteiger charge is 2.34. The van der Waals surface area contributed by atoms with Gasteiger partial charge in [-0.25, -0.2) is 0 Å². The SMILES string of the molecule is CC1(C)CCCCC1NC(=O)C1CCCCN1. The largest absolute Gasteiger partial charge is 0.351 e. The maximum absolute atomic E-state index is 12.2. The Morgan fingerprint density at radius 3 is 2.59 bits per heavy atom. The van der Waals surface area contributed by atoms with E-state index in [1.54, 1.807) is 0 Å². The first-order valence-electron chi connectivity index (χ1n) is 7.13. The summed E-state index contributed by atoms with van der Waals surface area (Å²) in [5, 5.41) is 6.60. The second kappa shape index (κ2) is 5.38. The summed E-state index contributed by atoms with van der Waals surface area (Å²) in [7, 11) is 0. The predicted molar refractivity (Wildman–Crippen MR) is 69.8 cm³/mol. The summed E-state index contributed by atoms with van der Waals surface area (Å²) >= 11 is 0.